The van der Waals surface area contributed by atoms with E-state index in [1.807, 2.05) is 13.0 Å². The van der Waals surface area contributed by atoms with Gasteiger partial charge < -0.3 is 15.1 Å². The zero-order valence-electron chi connectivity index (χ0n) is 8.28. The fourth-order valence-corrected chi connectivity index (χ4v) is 1.34. The summed E-state index contributed by atoms with van der Waals surface area (Å²) in [5.74, 6) is 0.993. The first-order valence-corrected chi connectivity index (χ1v) is 4.55. The van der Waals surface area contributed by atoms with Crippen LogP contribution in [-0.2, 0) is 6.54 Å². The number of hydrogen-bond acceptors (Lipinski definition) is 4. The van der Waals surface area contributed by atoms with Crippen LogP contribution in [0.15, 0.2) is 27.6 Å². The maximum absolute atomic E-state index is 11.3. The van der Waals surface area contributed by atoms with E-state index in [0.717, 1.165) is 5.56 Å². The minimum atomic E-state index is -0.226. The Hall–Kier alpha value is -1.88. The zero-order valence-corrected chi connectivity index (χ0v) is 8.28. The van der Waals surface area contributed by atoms with Gasteiger partial charge in [-0.1, -0.05) is 0 Å². The number of nitrogens with one attached hydrogen (secondary N) is 1. The van der Waals surface area contributed by atoms with Crippen LogP contribution in [0.1, 0.15) is 11.3 Å². The number of aryl methyl sites for hydroxylation is 1. The number of H-pyrrole nitrogens is 1. The standard InChI is InChI=1S/C10H11N3O2/c1-6-2-3-15-9(6)10-12-7(5-11)4-8(14)13-10/h2-4H,5,11H2,1H3,(H,12,13,14). The van der Waals surface area contributed by atoms with E-state index in [1.165, 1.54) is 6.07 Å². The number of nitrogens with two attached hydrogens (primary N) is 1. The molecule has 0 radical (unpaired) electrons. The van der Waals surface area contributed by atoms with E-state index in [-0.39, 0.29) is 12.1 Å². The van der Waals surface area contributed by atoms with Crippen molar-refractivity contribution in [3.05, 3.63) is 40.0 Å². The molecule has 0 unspecified atom stereocenters. The molecule has 2 aromatic rings. The molecule has 0 atom stereocenters. The van der Waals surface area contributed by atoms with Crippen molar-refractivity contribution < 1.29 is 4.42 Å². The van der Waals surface area contributed by atoms with Crippen LogP contribution in [0, 0.1) is 6.92 Å². The Kier molecular flexibility index (Phi) is 2.39. The Morgan fingerprint density at radius 1 is 1.60 bits per heavy atom. The van der Waals surface area contributed by atoms with Gasteiger partial charge in [0.15, 0.2) is 11.6 Å². The van der Waals surface area contributed by atoms with Crippen molar-refractivity contribution in [2.45, 2.75) is 13.5 Å². The van der Waals surface area contributed by atoms with Crippen LogP contribution in [0.3, 0.4) is 0 Å². The van der Waals surface area contributed by atoms with Gasteiger partial charge >= 0.3 is 0 Å². The lowest BCUT2D eigenvalue weighted by Crippen LogP contribution is -2.12. The normalized spacial score (nSPS) is 10.5. The van der Waals surface area contributed by atoms with Gasteiger partial charge in [0.1, 0.15) is 0 Å². The molecule has 0 saturated carbocycles. The number of aromatic nitrogens is 2. The minimum absolute atomic E-state index is 0.226. The second kappa shape index (κ2) is 3.70. The van der Waals surface area contributed by atoms with Crippen molar-refractivity contribution in [2.24, 2.45) is 5.73 Å². The van der Waals surface area contributed by atoms with Gasteiger partial charge in [0.2, 0.25) is 0 Å². The lowest BCUT2D eigenvalue weighted by Gasteiger charge is -2.00. The molecule has 5 heteroatoms. The molecule has 5 nitrogen and oxygen atoms in total. The Labute approximate surface area is 86.0 Å². The van der Waals surface area contributed by atoms with Gasteiger partial charge in [-0.25, -0.2) is 4.98 Å². The molecule has 0 aliphatic carbocycles. The average Bonchev–Trinajstić information content (AvgIpc) is 2.63. The molecule has 2 aromatic heterocycles. The van der Waals surface area contributed by atoms with Crippen molar-refractivity contribution in [3.63, 3.8) is 0 Å². The molecule has 3 N–H and O–H groups in total. The quantitative estimate of drug-likeness (QED) is 0.759. The van der Waals surface area contributed by atoms with Crippen molar-refractivity contribution in [2.75, 3.05) is 0 Å². The second-order valence-electron chi connectivity index (χ2n) is 3.22. The molecule has 0 aliphatic rings. The van der Waals surface area contributed by atoms with Crippen LogP contribution in [0.4, 0.5) is 0 Å². The number of aromatic amines is 1. The molecule has 2 heterocycles. The first-order chi connectivity index (χ1) is 7.20. The van der Waals surface area contributed by atoms with Crippen molar-refractivity contribution >= 4 is 0 Å². The minimum Gasteiger partial charge on any atom is -0.461 e. The van der Waals surface area contributed by atoms with E-state index in [0.29, 0.717) is 17.3 Å². The fourth-order valence-electron chi connectivity index (χ4n) is 1.34. The summed E-state index contributed by atoms with van der Waals surface area (Å²) in [5, 5.41) is 0. The smallest absolute Gasteiger partial charge is 0.251 e. The van der Waals surface area contributed by atoms with Gasteiger partial charge in [-0.2, -0.15) is 0 Å². The highest BCUT2D eigenvalue weighted by molar-refractivity contribution is 5.51. The summed E-state index contributed by atoms with van der Waals surface area (Å²) in [7, 11) is 0. The Morgan fingerprint density at radius 2 is 2.40 bits per heavy atom. The highest BCUT2D eigenvalue weighted by Gasteiger charge is 2.08. The van der Waals surface area contributed by atoms with E-state index in [2.05, 4.69) is 9.97 Å². The molecule has 0 fully saturated rings. The SMILES string of the molecule is Cc1ccoc1-c1nc(CN)cc(=O)[nH]1. The third-order valence-electron chi connectivity index (χ3n) is 2.08. The zero-order chi connectivity index (χ0) is 10.8. The summed E-state index contributed by atoms with van der Waals surface area (Å²) in [6.45, 7) is 2.12. The lowest BCUT2D eigenvalue weighted by atomic mass is 10.2. The van der Waals surface area contributed by atoms with Crippen LogP contribution in [0.5, 0.6) is 0 Å². The van der Waals surface area contributed by atoms with Gasteiger partial charge in [-0.05, 0) is 18.6 Å². The summed E-state index contributed by atoms with van der Waals surface area (Å²) in [6, 6.07) is 3.19. The lowest BCUT2D eigenvalue weighted by molar-refractivity contribution is 0.574. The van der Waals surface area contributed by atoms with Crippen LogP contribution in [-0.4, -0.2) is 9.97 Å². The van der Waals surface area contributed by atoms with E-state index in [4.69, 9.17) is 10.2 Å². The average molecular weight is 205 g/mol. The molecule has 2 rings (SSSR count). The molecule has 15 heavy (non-hydrogen) atoms. The Morgan fingerprint density at radius 3 is 3.00 bits per heavy atom. The van der Waals surface area contributed by atoms with Gasteiger partial charge in [0.25, 0.3) is 5.56 Å². The number of rotatable bonds is 2. The summed E-state index contributed by atoms with van der Waals surface area (Å²) in [5.41, 5.74) is 6.68. The van der Waals surface area contributed by atoms with Crippen LogP contribution >= 0.6 is 0 Å². The number of furan rings is 1. The first kappa shape index (κ1) is 9.67. The van der Waals surface area contributed by atoms with E-state index in [9.17, 15) is 4.79 Å². The molecule has 0 spiro atoms. The van der Waals surface area contributed by atoms with Gasteiger partial charge in [-0.3, -0.25) is 4.79 Å². The van der Waals surface area contributed by atoms with Crippen molar-refractivity contribution in [1.82, 2.24) is 9.97 Å². The summed E-state index contributed by atoms with van der Waals surface area (Å²) in [4.78, 5) is 18.1. The monoisotopic (exact) mass is 205 g/mol. The largest absolute Gasteiger partial charge is 0.461 e. The molecular weight excluding hydrogens is 194 g/mol. The molecular formula is C10H11N3O2. The molecule has 0 aromatic carbocycles. The van der Waals surface area contributed by atoms with Gasteiger partial charge in [0.05, 0.1) is 12.0 Å². The van der Waals surface area contributed by atoms with Crippen molar-refractivity contribution in [1.29, 1.82) is 0 Å². The third kappa shape index (κ3) is 1.82. The topological polar surface area (TPSA) is 84.9 Å². The third-order valence-corrected chi connectivity index (χ3v) is 2.08. The molecule has 0 saturated heterocycles. The van der Waals surface area contributed by atoms with E-state index >= 15 is 0 Å². The summed E-state index contributed by atoms with van der Waals surface area (Å²) >= 11 is 0. The Balaban J connectivity index is 2.58. The maximum atomic E-state index is 11.3. The van der Waals surface area contributed by atoms with Gasteiger partial charge in [-0.15, -0.1) is 0 Å². The second-order valence-corrected chi connectivity index (χ2v) is 3.22. The highest BCUT2D eigenvalue weighted by Crippen LogP contribution is 2.19. The first-order valence-electron chi connectivity index (χ1n) is 4.55. The molecule has 0 amide bonds. The molecule has 0 aliphatic heterocycles. The highest BCUT2D eigenvalue weighted by atomic mass is 16.3. The van der Waals surface area contributed by atoms with Crippen LogP contribution in [0.25, 0.3) is 11.6 Å². The van der Waals surface area contributed by atoms with E-state index < -0.39 is 0 Å². The molecule has 78 valence electrons. The predicted octanol–water partition coefficient (Wildman–Crippen LogP) is 0.797. The fraction of sp³-hybridized carbons (Fsp3) is 0.200. The van der Waals surface area contributed by atoms with Crippen molar-refractivity contribution in [3.8, 4) is 11.6 Å². The van der Waals surface area contributed by atoms with Gasteiger partial charge in [0, 0.05) is 12.6 Å². The number of hydrogen-bond donors (Lipinski definition) is 2. The maximum Gasteiger partial charge on any atom is 0.251 e. The van der Waals surface area contributed by atoms with E-state index in [1.54, 1.807) is 6.26 Å². The summed E-state index contributed by atoms with van der Waals surface area (Å²) < 4.78 is 5.23. The number of nitrogens with zero attached hydrogens (tertiary/aromatic N) is 1. The van der Waals surface area contributed by atoms with Crippen LogP contribution in [0.2, 0.25) is 0 Å². The predicted molar refractivity (Wildman–Crippen MR) is 55.2 cm³/mol. The Bertz CT molecular complexity index is 527. The summed E-state index contributed by atoms with van der Waals surface area (Å²) in [6.07, 6.45) is 1.56. The van der Waals surface area contributed by atoms with Crippen LogP contribution < -0.4 is 11.3 Å². The molecule has 0 bridgehead atoms.